The zero-order valence-corrected chi connectivity index (χ0v) is 44.5. The van der Waals surface area contributed by atoms with E-state index in [1.807, 2.05) is 0 Å². The molecule has 9 heteroatoms. The molecule has 0 aromatic carbocycles. The average molecular weight is 880 g/mol. The molecule has 9 nitrogen and oxygen atoms in total. The van der Waals surface area contributed by atoms with Crippen molar-refractivity contribution in [2.24, 2.45) is 5.92 Å². The van der Waals surface area contributed by atoms with E-state index in [0.717, 1.165) is 69.5 Å². The second-order valence-corrected chi connectivity index (χ2v) is 25.1. The summed E-state index contributed by atoms with van der Waals surface area (Å²) >= 11 is 0. The van der Waals surface area contributed by atoms with Gasteiger partial charge in [0.15, 0.2) is 0 Å². The van der Waals surface area contributed by atoms with Crippen molar-refractivity contribution in [2.45, 2.75) is 284 Å². The van der Waals surface area contributed by atoms with E-state index in [1.165, 1.54) is 122 Å². The first-order valence-corrected chi connectivity index (χ1v) is 26.8. The lowest BCUT2D eigenvalue weighted by Gasteiger charge is -2.50. The van der Waals surface area contributed by atoms with Crippen molar-refractivity contribution < 1.29 is 0 Å². The first kappa shape index (κ1) is 54.2. The number of hydrogen-bond donors (Lipinski definition) is 3. The lowest BCUT2D eigenvalue weighted by atomic mass is 9.76. The molecular weight excluding hydrogens is 775 g/mol. The van der Waals surface area contributed by atoms with Gasteiger partial charge in [0.1, 0.15) is 11.6 Å². The second-order valence-electron chi connectivity index (χ2n) is 25.1. The molecule has 0 radical (unpaired) electrons. The van der Waals surface area contributed by atoms with E-state index in [-0.39, 0.29) is 33.2 Å². The molecule has 0 bridgehead atoms. The van der Waals surface area contributed by atoms with Crippen molar-refractivity contribution in [3.05, 3.63) is 11.6 Å². The normalized spacial score (nSPS) is 22.2. The minimum absolute atomic E-state index is 0.111. The summed E-state index contributed by atoms with van der Waals surface area (Å²) in [6, 6.07) is 1.24. The molecular formula is C54H105N9. The van der Waals surface area contributed by atoms with Gasteiger partial charge >= 0.3 is 0 Å². The predicted molar refractivity (Wildman–Crippen MR) is 272 cm³/mol. The molecule has 366 valence electrons. The molecule has 4 rings (SSSR count). The molecule has 0 spiro atoms. The summed E-state index contributed by atoms with van der Waals surface area (Å²) in [6.07, 6.45) is 25.5. The van der Waals surface area contributed by atoms with E-state index in [4.69, 9.17) is 15.0 Å². The highest BCUT2D eigenvalue weighted by Crippen LogP contribution is 2.36. The fourth-order valence-corrected chi connectivity index (χ4v) is 12.9. The number of anilines is 1. The standard InChI is InChI=1S/C54H105N9/c1-16-19-26-29-46-55-47(57-48(56-46)63(32-21-18-3)42-43-36-49(4,5)58-50(6,7)37-43)30-35-62(45-40-53(12,13)60-54(14,15)41-45)34-28-25-23-22-24-27-33-61(31-20-17-2)44-38-51(8,9)59-52(10,11)39-44/h43-45,58-60H,16-42H2,1-15H3. The van der Waals surface area contributed by atoms with Gasteiger partial charge in [0, 0.05) is 77.8 Å². The molecule has 0 atom stereocenters. The van der Waals surface area contributed by atoms with Gasteiger partial charge in [0.25, 0.3) is 0 Å². The fraction of sp³-hybridized carbons (Fsp3) is 0.944. The largest absolute Gasteiger partial charge is 0.340 e. The Morgan fingerprint density at radius 1 is 0.413 bits per heavy atom. The topological polar surface area (TPSA) is 84.5 Å². The third-order valence-corrected chi connectivity index (χ3v) is 14.5. The molecule has 3 saturated heterocycles. The number of unbranched alkanes of at least 4 members (excludes halogenated alkanes) is 9. The van der Waals surface area contributed by atoms with Crippen LogP contribution >= 0.6 is 0 Å². The van der Waals surface area contributed by atoms with Crippen molar-refractivity contribution in [1.29, 1.82) is 0 Å². The summed E-state index contributed by atoms with van der Waals surface area (Å²) in [5, 5.41) is 11.8. The fourth-order valence-electron chi connectivity index (χ4n) is 12.9. The molecule has 3 aliphatic rings. The maximum atomic E-state index is 5.38. The number of nitrogens with zero attached hydrogens (tertiary/aromatic N) is 6. The van der Waals surface area contributed by atoms with E-state index in [1.54, 1.807) is 0 Å². The molecule has 63 heavy (non-hydrogen) atoms. The minimum atomic E-state index is 0.111. The monoisotopic (exact) mass is 880 g/mol. The number of rotatable bonds is 27. The molecule has 3 N–H and O–H groups in total. The van der Waals surface area contributed by atoms with Gasteiger partial charge in [0.05, 0.1) is 0 Å². The summed E-state index contributed by atoms with van der Waals surface area (Å²) in [4.78, 5) is 24.2. The van der Waals surface area contributed by atoms with E-state index in [2.05, 4.69) is 135 Å². The Hall–Kier alpha value is -1.39. The molecule has 0 saturated carbocycles. The Kier molecular flexibility index (Phi) is 20.7. The molecule has 3 aliphatic heterocycles. The van der Waals surface area contributed by atoms with Crippen LogP contribution in [0.2, 0.25) is 0 Å². The number of nitrogens with one attached hydrogen (secondary N) is 3. The highest BCUT2D eigenvalue weighted by molar-refractivity contribution is 5.30. The lowest BCUT2D eigenvalue weighted by Crippen LogP contribution is -2.62. The van der Waals surface area contributed by atoms with Crippen LogP contribution in [0.5, 0.6) is 0 Å². The van der Waals surface area contributed by atoms with Crippen molar-refractivity contribution in [3.63, 3.8) is 0 Å². The highest BCUT2D eigenvalue weighted by atomic mass is 15.3. The third kappa shape index (κ3) is 19.4. The zero-order valence-electron chi connectivity index (χ0n) is 44.5. The lowest BCUT2D eigenvalue weighted by molar-refractivity contribution is 0.0634. The minimum Gasteiger partial charge on any atom is -0.340 e. The van der Waals surface area contributed by atoms with Gasteiger partial charge in [-0.3, -0.25) is 4.90 Å². The van der Waals surface area contributed by atoms with Crippen LogP contribution in [-0.4, -0.2) is 109 Å². The number of hydrogen-bond acceptors (Lipinski definition) is 9. The Balaban J connectivity index is 1.42. The molecule has 3 fully saturated rings. The van der Waals surface area contributed by atoms with Crippen LogP contribution in [0.15, 0.2) is 0 Å². The predicted octanol–water partition coefficient (Wildman–Crippen LogP) is 11.7. The number of piperidine rings is 3. The zero-order chi connectivity index (χ0) is 46.5. The van der Waals surface area contributed by atoms with Gasteiger partial charge < -0.3 is 25.8 Å². The quantitative estimate of drug-likeness (QED) is 0.0748. The van der Waals surface area contributed by atoms with Gasteiger partial charge in [-0.15, -0.1) is 0 Å². The summed E-state index contributed by atoms with van der Waals surface area (Å²) in [7, 11) is 0. The molecule has 0 amide bonds. The summed E-state index contributed by atoms with van der Waals surface area (Å²) in [6.45, 7) is 42.4. The van der Waals surface area contributed by atoms with E-state index < -0.39 is 0 Å². The maximum Gasteiger partial charge on any atom is 0.228 e. The maximum absolute atomic E-state index is 5.38. The Morgan fingerprint density at radius 3 is 1.25 bits per heavy atom. The van der Waals surface area contributed by atoms with Gasteiger partial charge in [-0.2, -0.15) is 9.97 Å². The molecule has 1 aromatic rings. The van der Waals surface area contributed by atoms with Crippen LogP contribution in [-0.2, 0) is 12.8 Å². The van der Waals surface area contributed by atoms with Crippen molar-refractivity contribution in [3.8, 4) is 0 Å². The Morgan fingerprint density at radius 2 is 0.794 bits per heavy atom. The van der Waals surface area contributed by atoms with E-state index in [0.29, 0.717) is 18.0 Å². The van der Waals surface area contributed by atoms with Crippen molar-refractivity contribution >= 4 is 5.95 Å². The van der Waals surface area contributed by atoms with Gasteiger partial charge in [-0.05, 0) is 179 Å². The molecule has 1 aromatic heterocycles. The molecule has 0 unspecified atom stereocenters. The summed E-state index contributed by atoms with van der Waals surface area (Å²) in [5.74, 6) is 3.53. The SMILES string of the molecule is CCCCCc1nc(CCN(CCCCCCCCN(CCCC)C2CC(C)(C)NC(C)(C)C2)C2CC(C)(C)NC(C)(C)C2)nc(N(CCCC)CC2CC(C)(C)NC(C)(C)C2)n1. The number of aryl methyl sites for hydroxylation is 1. The Bertz CT molecular complexity index is 1420. The summed E-state index contributed by atoms with van der Waals surface area (Å²) in [5.41, 5.74) is 0.870. The van der Waals surface area contributed by atoms with Gasteiger partial charge in [0.2, 0.25) is 5.95 Å². The van der Waals surface area contributed by atoms with E-state index in [9.17, 15) is 0 Å². The van der Waals surface area contributed by atoms with Crippen LogP contribution in [0.25, 0.3) is 0 Å². The van der Waals surface area contributed by atoms with Crippen LogP contribution in [0.3, 0.4) is 0 Å². The van der Waals surface area contributed by atoms with E-state index >= 15 is 0 Å². The van der Waals surface area contributed by atoms with Crippen molar-refractivity contribution in [2.75, 3.05) is 44.2 Å². The Labute approximate surface area is 391 Å². The molecule has 4 heterocycles. The average Bonchev–Trinajstić information content (AvgIpc) is 3.13. The van der Waals surface area contributed by atoms with Crippen LogP contribution in [0.1, 0.15) is 238 Å². The van der Waals surface area contributed by atoms with Crippen molar-refractivity contribution in [1.82, 2.24) is 40.7 Å². The van der Waals surface area contributed by atoms with Crippen LogP contribution in [0, 0.1) is 5.92 Å². The molecule has 0 aliphatic carbocycles. The van der Waals surface area contributed by atoms with Gasteiger partial charge in [-0.1, -0.05) is 72.1 Å². The first-order valence-electron chi connectivity index (χ1n) is 26.8. The van der Waals surface area contributed by atoms with Crippen LogP contribution in [0.4, 0.5) is 5.95 Å². The smallest absolute Gasteiger partial charge is 0.228 e. The first-order chi connectivity index (χ1) is 29.4. The third-order valence-electron chi connectivity index (χ3n) is 14.5. The van der Waals surface area contributed by atoms with Gasteiger partial charge in [-0.25, -0.2) is 4.98 Å². The highest BCUT2D eigenvalue weighted by Gasteiger charge is 2.42. The second kappa shape index (κ2) is 24.1. The number of aromatic nitrogens is 3. The van der Waals surface area contributed by atoms with Crippen LogP contribution < -0.4 is 20.9 Å². The summed E-state index contributed by atoms with van der Waals surface area (Å²) < 4.78 is 0.